The van der Waals surface area contributed by atoms with E-state index in [2.05, 4.69) is 24.1 Å². The molecule has 1 fully saturated rings. The van der Waals surface area contributed by atoms with E-state index >= 15 is 0 Å². The Morgan fingerprint density at radius 3 is 2.62 bits per heavy atom. The third-order valence-corrected chi connectivity index (χ3v) is 3.65. The number of nitrogens with zero attached hydrogens (tertiary/aromatic N) is 1. The lowest BCUT2D eigenvalue weighted by Crippen LogP contribution is -2.48. The average molecular weight is 228 g/mol. The highest BCUT2D eigenvalue weighted by molar-refractivity contribution is 4.83. The zero-order valence-corrected chi connectivity index (χ0v) is 11.3. The molecule has 3 nitrogen and oxygen atoms in total. The summed E-state index contributed by atoms with van der Waals surface area (Å²) in [6, 6.07) is 1.12. The van der Waals surface area contributed by atoms with E-state index in [1.807, 2.05) is 13.8 Å². The van der Waals surface area contributed by atoms with Crippen LogP contribution in [0.15, 0.2) is 0 Å². The van der Waals surface area contributed by atoms with Gasteiger partial charge in [0.25, 0.3) is 0 Å². The summed E-state index contributed by atoms with van der Waals surface area (Å²) in [4.78, 5) is 2.40. The van der Waals surface area contributed by atoms with Gasteiger partial charge in [0.1, 0.15) is 0 Å². The minimum atomic E-state index is -0.553. The molecule has 0 saturated carbocycles. The van der Waals surface area contributed by atoms with Crippen LogP contribution in [0.3, 0.4) is 0 Å². The van der Waals surface area contributed by atoms with Gasteiger partial charge in [0.05, 0.1) is 5.60 Å². The van der Waals surface area contributed by atoms with Crippen molar-refractivity contribution in [3.63, 3.8) is 0 Å². The quantitative estimate of drug-likeness (QED) is 0.725. The molecule has 0 aromatic carbocycles. The third-order valence-electron chi connectivity index (χ3n) is 3.65. The van der Waals surface area contributed by atoms with Gasteiger partial charge in [-0.15, -0.1) is 0 Å². The van der Waals surface area contributed by atoms with Gasteiger partial charge in [-0.25, -0.2) is 0 Å². The largest absolute Gasteiger partial charge is 0.389 e. The topological polar surface area (TPSA) is 35.5 Å². The van der Waals surface area contributed by atoms with Crippen molar-refractivity contribution in [2.75, 3.05) is 19.6 Å². The Bertz CT molecular complexity index is 198. The first-order chi connectivity index (χ1) is 7.44. The standard InChI is InChI=1S/C13H28N2O/c1-5-13(4,16)10-15(11(2)3)9-12-7-6-8-14-12/h11-12,14,16H,5-10H2,1-4H3. The second kappa shape index (κ2) is 5.99. The van der Waals surface area contributed by atoms with Crippen LogP contribution in [0.25, 0.3) is 0 Å². The maximum absolute atomic E-state index is 10.2. The normalized spacial score (nSPS) is 25.3. The summed E-state index contributed by atoms with van der Waals surface area (Å²) < 4.78 is 0. The average Bonchev–Trinajstić information content (AvgIpc) is 2.69. The molecule has 1 saturated heterocycles. The molecule has 1 heterocycles. The van der Waals surface area contributed by atoms with Crippen LogP contribution in [0.4, 0.5) is 0 Å². The van der Waals surface area contributed by atoms with E-state index in [1.165, 1.54) is 12.8 Å². The summed E-state index contributed by atoms with van der Waals surface area (Å²) in [6.07, 6.45) is 3.38. The molecule has 1 aliphatic rings. The van der Waals surface area contributed by atoms with Crippen molar-refractivity contribution < 1.29 is 5.11 Å². The minimum Gasteiger partial charge on any atom is -0.389 e. The Morgan fingerprint density at radius 1 is 1.50 bits per heavy atom. The van der Waals surface area contributed by atoms with E-state index in [9.17, 15) is 5.11 Å². The highest BCUT2D eigenvalue weighted by atomic mass is 16.3. The summed E-state index contributed by atoms with van der Waals surface area (Å²) in [5.41, 5.74) is -0.553. The van der Waals surface area contributed by atoms with Crippen LogP contribution in [0.5, 0.6) is 0 Å². The molecule has 0 spiro atoms. The van der Waals surface area contributed by atoms with Crippen molar-refractivity contribution in [2.24, 2.45) is 0 Å². The highest BCUT2D eigenvalue weighted by Crippen LogP contribution is 2.15. The van der Waals surface area contributed by atoms with E-state index in [0.717, 1.165) is 26.1 Å². The first kappa shape index (κ1) is 13.9. The maximum atomic E-state index is 10.2. The van der Waals surface area contributed by atoms with E-state index < -0.39 is 5.60 Å². The molecule has 2 atom stereocenters. The third kappa shape index (κ3) is 4.40. The molecular weight excluding hydrogens is 200 g/mol. The van der Waals surface area contributed by atoms with Crippen molar-refractivity contribution in [3.05, 3.63) is 0 Å². The number of nitrogens with one attached hydrogen (secondary N) is 1. The maximum Gasteiger partial charge on any atom is 0.0743 e. The Kier molecular flexibility index (Phi) is 5.22. The van der Waals surface area contributed by atoms with Crippen molar-refractivity contribution >= 4 is 0 Å². The van der Waals surface area contributed by atoms with Crippen LogP contribution in [0.1, 0.15) is 47.0 Å². The molecule has 0 aliphatic carbocycles. The second-order valence-corrected chi connectivity index (χ2v) is 5.67. The van der Waals surface area contributed by atoms with Crippen LogP contribution < -0.4 is 5.32 Å². The van der Waals surface area contributed by atoms with Crippen molar-refractivity contribution in [2.45, 2.75) is 64.6 Å². The van der Waals surface area contributed by atoms with Gasteiger partial charge in [-0.1, -0.05) is 6.92 Å². The number of hydrogen-bond acceptors (Lipinski definition) is 3. The van der Waals surface area contributed by atoms with E-state index in [0.29, 0.717) is 12.1 Å². The summed E-state index contributed by atoms with van der Waals surface area (Å²) in [5, 5.41) is 13.7. The first-order valence-corrected chi connectivity index (χ1v) is 6.64. The van der Waals surface area contributed by atoms with Gasteiger partial charge in [0.2, 0.25) is 0 Å². The lowest BCUT2D eigenvalue weighted by atomic mass is 10.0. The van der Waals surface area contributed by atoms with E-state index in [-0.39, 0.29) is 0 Å². The van der Waals surface area contributed by atoms with E-state index in [1.54, 1.807) is 0 Å². The smallest absolute Gasteiger partial charge is 0.0743 e. The Balaban J connectivity index is 2.46. The summed E-state index contributed by atoms with van der Waals surface area (Å²) in [5.74, 6) is 0. The van der Waals surface area contributed by atoms with Crippen LogP contribution in [0.2, 0.25) is 0 Å². The summed E-state index contributed by atoms with van der Waals surface area (Å²) >= 11 is 0. The molecule has 1 rings (SSSR count). The molecule has 1 aliphatic heterocycles. The molecule has 2 unspecified atom stereocenters. The first-order valence-electron chi connectivity index (χ1n) is 6.64. The monoisotopic (exact) mass is 228 g/mol. The SMILES string of the molecule is CCC(C)(O)CN(CC1CCCN1)C(C)C. The molecule has 0 radical (unpaired) electrons. The zero-order valence-electron chi connectivity index (χ0n) is 11.3. The van der Waals surface area contributed by atoms with Gasteiger partial charge >= 0.3 is 0 Å². The zero-order chi connectivity index (χ0) is 12.2. The van der Waals surface area contributed by atoms with Crippen LogP contribution in [0, 0.1) is 0 Å². The van der Waals surface area contributed by atoms with Gasteiger partial charge in [0, 0.05) is 25.2 Å². The molecule has 2 N–H and O–H groups in total. The Labute approximate surface area is 100 Å². The lowest BCUT2D eigenvalue weighted by molar-refractivity contribution is 0.00484. The predicted octanol–water partition coefficient (Wildman–Crippen LogP) is 1.61. The van der Waals surface area contributed by atoms with Crippen molar-refractivity contribution in [1.29, 1.82) is 0 Å². The van der Waals surface area contributed by atoms with Gasteiger partial charge < -0.3 is 10.4 Å². The number of aliphatic hydroxyl groups is 1. The summed E-state index contributed by atoms with van der Waals surface area (Å²) in [7, 11) is 0. The van der Waals surface area contributed by atoms with Crippen LogP contribution in [-0.4, -0.2) is 47.3 Å². The van der Waals surface area contributed by atoms with Gasteiger partial charge in [-0.05, 0) is 46.6 Å². The Hall–Kier alpha value is -0.120. The van der Waals surface area contributed by atoms with Gasteiger partial charge in [0.15, 0.2) is 0 Å². The lowest BCUT2D eigenvalue weighted by Gasteiger charge is -2.35. The summed E-state index contributed by atoms with van der Waals surface area (Å²) in [6.45, 7) is 11.4. The molecule has 0 bridgehead atoms. The predicted molar refractivity (Wildman–Crippen MR) is 68.6 cm³/mol. The molecule has 0 amide bonds. The molecule has 0 aromatic rings. The Morgan fingerprint density at radius 2 is 2.19 bits per heavy atom. The van der Waals surface area contributed by atoms with Crippen LogP contribution >= 0.6 is 0 Å². The molecule has 0 aromatic heterocycles. The minimum absolute atomic E-state index is 0.500. The van der Waals surface area contributed by atoms with Crippen molar-refractivity contribution in [1.82, 2.24) is 10.2 Å². The molecular formula is C13H28N2O. The fourth-order valence-electron chi connectivity index (χ4n) is 2.20. The van der Waals surface area contributed by atoms with E-state index in [4.69, 9.17) is 0 Å². The van der Waals surface area contributed by atoms with Crippen molar-refractivity contribution in [3.8, 4) is 0 Å². The van der Waals surface area contributed by atoms with Gasteiger partial charge in [-0.2, -0.15) is 0 Å². The second-order valence-electron chi connectivity index (χ2n) is 5.67. The fourth-order valence-corrected chi connectivity index (χ4v) is 2.20. The molecule has 3 heteroatoms. The molecule has 96 valence electrons. The highest BCUT2D eigenvalue weighted by Gasteiger charge is 2.26. The fraction of sp³-hybridized carbons (Fsp3) is 1.00. The van der Waals surface area contributed by atoms with Gasteiger partial charge in [-0.3, -0.25) is 4.90 Å². The molecule has 16 heavy (non-hydrogen) atoms. The van der Waals surface area contributed by atoms with Crippen LogP contribution in [-0.2, 0) is 0 Å². The number of hydrogen-bond donors (Lipinski definition) is 2. The number of rotatable bonds is 6.